The largest absolute Gasteiger partial charge is 0.405 e. The van der Waals surface area contributed by atoms with Gasteiger partial charge in [-0.2, -0.15) is 13.2 Å². The van der Waals surface area contributed by atoms with Crippen LogP contribution < -0.4 is 5.32 Å². The van der Waals surface area contributed by atoms with E-state index in [9.17, 15) is 18.0 Å². The molecule has 128 valence electrons. The molecule has 1 N–H and O–H groups in total. The van der Waals surface area contributed by atoms with E-state index in [1.807, 2.05) is 0 Å². The highest BCUT2D eigenvalue weighted by atomic mass is 19.4. The molecule has 1 saturated heterocycles. The van der Waals surface area contributed by atoms with Gasteiger partial charge in [-0.3, -0.25) is 9.69 Å². The molecule has 1 aromatic rings. The zero-order chi connectivity index (χ0) is 16.7. The number of carbonyl (C=O) groups is 1. The van der Waals surface area contributed by atoms with Crippen LogP contribution in [0.25, 0.3) is 0 Å². The van der Waals surface area contributed by atoms with E-state index in [0.29, 0.717) is 6.42 Å². The van der Waals surface area contributed by atoms with Gasteiger partial charge in [0.2, 0.25) is 5.91 Å². The lowest BCUT2D eigenvalue weighted by molar-refractivity contribution is -0.190. The highest BCUT2D eigenvalue weighted by molar-refractivity contribution is 5.76. The highest BCUT2D eigenvalue weighted by Gasteiger charge is 2.43. The number of nitrogens with one attached hydrogen (secondary N) is 1. The predicted molar refractivity (Wildman–Crippen MR) is 75.6 cm³/mol. The minimum atomic E-state index is -4.39. The number of aromatic nitrogens is 2. The summed E-state index contributed by atoms with van der Waals surface area (Å²) in [6.07, 6.45) is 0.624. The highest BCUT2D eigenvalue weighted by Crippen LogP contribution is 2.25. The second-order valence-electron chi connectivity index (χ2n) is 5.26. The molecule has 0 aromatic carbocycles. The van der Waals surface area contributed by atoms with Gasteiger partial charge < -0.3 is 10.1 Å². The molecule has 1 fully saturated rings. The normalized spacial score (nSPS) is 17.7. The maximum absolute atomic E-state index is 13.2. The van der Waals surface area contributed by atoms with Crippen molar-refractivity contribution in [1.82, 2.24) is 20.2 Å². The summed E-state index contributed by atoms with van der Waals surface area (Å²) in [5.41, 5.74) is 0.767. The molecule has 0 unspecified atom stereocenters. The molecule has 9 heteroatoms. The Morgan fingerprint density at radius 3 is 2.57 bits per heavy atom. The van der Waals surface area contributed by atoms with Crippen LogP contribution in [0.1, 0.15) is 12.0 Å². The van der Waals surface area contributed by atoms with Crippen LogP contribution in [0.15, 0.2) is 18.7 Å². The molecule has 0 radical (unpaired) electrons. The zero-order valence-electron chi connectivity index (χ0n) is 12.6. The van der Waals surface area contributed by atoms with E-state index in [1.165, 1.54) is 11.2 Å². The van der Waals surface area contributed by atoms with E-state index in [-0.39, 0.29) is 32.7 Å². The lowest BCUT2D eigenvalue weighted by Gasteiger charge is -2.35. The summed E-state index contributed by atoms with van der Waals surface area (Å²) in [5.74, 6) is -0.420. The molecule has 1 aliphatic rings. The molecule has 2 rings (SSSR count). The third kappa shape index (κ3) is 5.76. The van der Waals surface area contributed by atoms with Crippen molar-refractivity contribution in [2.75, 3.05) is 32.8 Å². The Bertz CT molecular complexity index is 493. The first kappa shape index (κ1) is 17.6. The van der Waals surface area contributed by atoms with Gasteiger partial charge in [-0.1, -0.05) is 0 Å². The molecule has 0 aliphatic carbocycles. The number of alkyl halides is 3. The second-order valence-corrected chi connectivity index (χ2v) is 5.26. The van der Waals surface area contributed by atoms with Gasteiger partial charge in [-0.25, -0.2) is 9.97 Å². The summed E-state index contributed by atoms with van der Waals surface area (Å²) >= 11 is 0. The van der Waals surface area contributed by atoms with Crippen molar-refractivity contribution in [2.24, 2.45) is 0 Å². The molecule has 0 bridgehead atoms. The lowest BCUT2D eigenvalue weighted by Crippen LogP contribution is -2.55. The summed E-state index contributed by atoms with van der Waals surface area (Å²) in [4.78, 5) is 20.7. The topological polar surface area (TPSA) is 67.4 Å². The number of nitrogens with zero attached hydrogens (tertiary/aromatic N) is 3. The Labute approximate surface area is 132 Å². The first-order valence-corrected chi connectivity index (χ1v) is 7.36. The maximum atomic E-state index is 13.2. The molecule has 6 nitrogen and oxygen atoms in total. The number of amides is 1. The van der Waals surface area contributed by atoms with Crippen LogP contribution in [-0.4, -0.2) is 65.8 Å². The first-order valence-electron chi connectivity index (χ1n) is 7.36. The van der Waals surface area contributed by atoms with Crippen molar-refractivity contribution < 1.29 is 22.7 Å². The fraction of sp³-hybridized carbons (Fsp3) is 0.643. The van der Waals surface area contributed by atoms with E-state index in [2.05, 4.69) is 15.3 Å². The molecule has 23 heavy (non-hydrogen) atoms. The quantitative estimate of drug-likeness (QED) is 0.834. The average Bonchev–Trinajstić information content (AvgIpc) is 2.54. The van der Waals surface area contributed by atoms with E-state index in [1.54, 1.807) is 12.4 Å². The SMILES string of the molecule is O=C(CCc1cncnc1)NC[C@H](N1CCOCC1)C(F)(F)F. The van der Waals surface area contributed by atoms with Crippen LogP contribution >= 0.6 is 0 Å². The first-order chi connectivity index (χ1) is 11.0. The van der Waals surface area contributed by atoms with E-state index in [0.717, 1.165) is 5.56 Å². The molecular weight excluding hydrogens is 313 g/mol. The number of hydrogen-bond donors (Lipinski definition) is 1. The van der Waals surface area contributed by atoms with E-state index in [4.69, 9.17) is 4.74 Å². The summed E-state index contributed by atoms with van der Waals surface area (Å²) in [6.45, 7) is 0.513. The van der Waals surface area contributed by atoms with E-state index >= 15 is 0 Å². The van der Waals surface area contributed by atoms with Crippen molar-refractivity contribution in [3.63, 3.8) is 0 Å². The Morgan fingerprint density at radius 1 is 1.30 bits per heavy atom. The third-order valence-corrected chi connectivity index (χ3v) is 3.61. The summed E-state index contributed by atoms with van der Waals surface area (Å²) < 4.78 is 44.5. The van der Waals surface area contributed by atoms with Gasteiger partial charge in [0.1, 0.15) is 12.4 Å². The van der Waals surface area contributed by atoms with Gasteiger partial charge in [0.25, 0.3) is 0 Å². The monoisotopic (exact) mass is 332 g/mol. The van der Waals surface area contributed by atoms with Crippen LogP contribution in [0.3, 0.4) is 0 Å². The lowest BCUT2D eigenvalue weighted by atomic mass is 10.1. The van der Waals surface area contributed by atoms with Crippen LogP contribution in [0.2, 0.25) is 0 Å². The Morgan fingerprint density at radius 2 is 1.96 bits per heavy atom. The maximum Gasteiger partial charge on any atom is 0.405 e. The van der Waals surface area contributed by atoms with Crippen LogP contribution in [0.5, 0.6) is 0 Å². The number of ether oxygens (including phenoxy) is 1. The average molecular weight is 332 g/mol. The summed E-state index contributed by atoms with van der Waals surface area (Å²) in [5, 5.41) is 2.37. The van der Waals surface area contributed by atoms with Crippen LogP contribution in [0, 0.1) is 0 Å². The number of morpholine rings is 1. The minimum absolute atomic E-state index is 0.0983. The van der Waals surface area contributed by atoms with Gasteiger partial charge in [-0.15, -0.1) is 0 Å². The fourth-order valence-electron chi connectivity index (χ4n) is 2.36. The van der Waals surface area contributed by atoms with Crippen molar-refractivity contribution in [1.29, 1.82) is 0 Å². The molecular formula is C14H19F3N4O2. The van der Waals surface area contributed by atoms with Crippen molar-refractivity contribution in [2.45, 2.75) is 25.1 Å². The Kier molecular flexibility index (Phi) is 6.28. The number of carbonyl (C=O) groups excluding carboxylic acids is 1. The third-order valence-electron chi connectivity index (χ3n) is 3.61. The molecule has 1 atom stereocenters. The molecule has 0 saturated carbocycles. The number of rotatable bonds is 6. The molecule has 1 aliphatic heterocycles. The van der Waals surface area contributed by atoms with Crippen molar-refractivity contribution in [3.8, 4) is 0 Å². The summed E-state index contributed by atoms with van der Waals surface area (Å²) in [7, 11) is 0. The van der Waals surface area contributed by atoms with Gasteiger partial charge in [0.15, 0.2) is 0 Å². The van der Waals surface area contributed by atoms with Crippen LogP contribution in [-0.2, 0) is 16.0 Å². The number of aryl methyl sites for hydroxylation is 1. The Balaban J connectivity index is 1.81. The van der Waals surface area contributed by atoms with E-state index < -0.39 is 24.7 Å². The molecule has 2 heterocycles. The number of hydrogen-bond acceptors (Lipinski definition) is 5. The van der Waals surface area contributed by atoms with Gasteiger partial charge >= 0.3 is 6.18 Å². The fourth-order valence-corrected chi connectivity index (χ4v) is 2.36. The zero-order valence-corrected chi connectivity index (χ0v) is 12.6. The predicted octanol–water partition coefficient (Wildman–Crippen LogP) is 0.788. The second kappa shape index (κ2) is 8.21. The van der Waals surface area contributed by atoms with Crippen LogP contribution in [0.4, 0.5) is 13.2 Å². The smallest absolute Gasteiger partial charge is 0.379 e. The van der Waals surface area contributed by atoms with Crippen molar-refractivity contribution >= 4 is 5.91 Å². The van der Waals surface area contributed by atoms with Gasteiger partial charge in [-0.05, 0) is 12.0 Å². The molecule has 0 spiro atoms. The van der Waals surface area contributed by atoms with Crippen molar-refractivity contribution in [3.05, 3.63) is 24.3 Å². The van der Waals surface area contributed by atoms with Gasteiger partial charge in [0.05, 0.1) is 13.2 Å². The summed E-state index contributed by atoms with van der Waals surface area (Å²) in [6, 6.07) is -1.68. The molecule has 1 aromatic heterocycles. The standard InChI is InChI=1S/C14H19F3N4O2/c15-14(16,17)12(21-3-5-23-6-4-21)9-20-13(22)2-1-11-7-18-10-19-8-11/h7-8,10,12H,1-6,9H2,(H,20,22)/t12-/m0/s1. The minimum Gasteiger partial charge on any atom is -0.379 e. The molecule has 1 amide bonds. The Hall–Kier alpha value is -1.74. The van der Waals surface area contributed by atoms with Gasteiger partial charge in [0, 0.05) is 38.4 Å². The number of halogens is 3.